The van der Waals surface area contributed by atoms with Gasteiger partial charge in [-0.1, -0.05) is 66.2 Å². The van der Waals surface area contributed by atoms with Crippen molar-refractivity contribution in [1.82, 2.24) is 14.5 Å². The number of H-pyrrole nitrogens is 1. The van der Waals surface area contributed by atoms with Crippen LogP contribution in [0.4, 0.5) is 5.13 Å². The van der Waals surface area contributed by atoms with Gasteiger partial charge in [0.15, 0.2) is 4.77 Å². The number of nitrogens with one attached hydrogen (secondary N) is 1. The normalized spacial score (nSPS) is 12.5. The molecular weight excluding hydrogens is 526 g/mol. The SMILES string of the molecule is O=c1[nH]c(=S)n(-c2ccc(Cl)cc2)c(O)c1C=c1ccccc1=CN=Nc1nc(-c2ccccc2)cs1. The van der Waals surface area contributed by atoms with Crippen molar-refractivity contribution in [1.29, 1.82) is 0 Å². The number of aromatic amines is 1. The van der Waals surface area contributed by atoms with E-state index in [0.717, 1.165) is 11.3 Å². The van der Waals surface area contributed by atoms with E-state index >= 15 is 0 Å². The highest BCUT2D eigenvalue weighted by Crippen LogP contribution is 2.26. The van der Waals surface area contributed by atoms with Crippen LogP contribution in [0, 0.1) is 4.77 Å². The van der Waals surface area contributed by atoms with E-state index in [2.05, 4.69) is 20.2 Å². The van der Waals surface area contributed by atoms with Gasteiger partial charge in [0.05, 0.1) is 17.6 Å². The summed E-state index contributed by atoms with van der Waals surface area (Å²) in [7, 11) is 0. The minimum Gasteiger partial charge on any atom is -0.494 e. The fourth-order valence-corrected chi connectivity index (χ4v) is 4.67. The predicted molar refractivity (Wildman–Crippen MR) is 150 cm³/mol. The number of rotatable bonds is 5. The van der Waals surface area contributed by atoms with E-state index in [-0.39, 0.29) is 16.2 Å². The molecule has 0 aliphatic rings. The summed E-state index contributed by atoms with van der Waals surface area (Å²) in [6, 6.07) is 23.9. The molecule has 5 rings (SSSR count). The van der Waals surface area contributed by atoms with E-state index < -0.39 is 5.56 Å². The first-order chi connectivity index (χ1) is 18.0. The lowest BCUT2D eigenvalue weighted by atomic mass is 10.2. The van der Waals surface area contributed by atoms with Crippen LogP contribution < -0.4 is 16.0 Å². The summed E-state index contributed by atoms with van der Waals surface area (Å²) in [4.78, 5) is 19.9. The topological polar surface area (TPSA) is 95.6 Å². The molecule has 5 aromatic rings. The Balaban J connectivity index is 1.53. The summed E-state index contributed by atoms with van der Waals surface area (Å²) < 4.78 is 1.44. The number of halogens is 1. The van der Waals surface area contributed by atoms with Crippen molar-refractivity contribution in [2.24, 2.45) is 10.2 Å². The van der Waals surface area contributed by atoms with Gasteiger partial charge < -0.3 is 5.11 Å². The third-order valence-electron chi connectivity index (χ3n) is 5.40. The zero-order valence-electron chi connectivity index (χ0n) is 19.1. The van der Waals surface area contributed by atoms with Crippen LogP contribution in [-0.4, -0.2) is 19.6 Å². The Labute approximate surface area is 225 Å². The molecule has 182 valence electrons. The van der Waals surface area contributed by atoms with Crippen molar-refractivity contribution < 1.29 is 5.11 Å². The molecule has 2 aromatic heterocycles. The molecule has 0 atom stereocenters. The average Bonchev–Trinajstić information content (AvgIpc) is 3.38. The van der Waals surface area contributed by atoms with Crippen LogP contribution in [0.25, 0.3) is 29.2 Å². The number of hydrogen-bond donors (Lipinski definition) is 2. The molecule has 0 amide bonds. The first-order valence-corrected chi connectivity index (χ1v) is 12.7. The lowest BCUT2D eigenvalue weighted by Crippen LogP contribution is -2.25. The Hall–Kier alpha value is -4.18. The van der Waals surface area contributed by atoms with Crippen LogP contribution in [0.3, 0.4) is 0 Å². The fourth-order valence-electron chi connectivity index (χ4n) is 3.61. The zero-order chi connectivity index (χ0) is 25.8. The summed E-state index contributed by atoms with van der Waals surface area (Å²) in [5.41, 5.74) is 1.94. The minimum atomic E-state index is -0.514. The second kappa shape index (κ2) is 10.8. The first-order valence-electron chi connectivity index (χ1n) is 11.0. The van der Waals surface area contributed by atoms with Crippen molar-refractivity contribution in [3.8, 4) is 22.8 Å². The molecule has 0 radical (unpaired) electrons. The Bertz CT molecular complexity index is 1840. The van der Waals surface area contributed by atoms with E-state index in [4.69, 9.17) is 23.8 Å². The quantitative estimate of drug-likeness (QED) is 0.219. The van der Waals surface area contributed by atoms with Crippen LogP contribution in [0.2, 0.25) is 5.02 Å². The Morgan fingerprint density at radius 2 is 1.70 bits per heavy atom. The van der Waals surface area contributed by atoms with Crippen molar-refractivity contribution in [3.05, 3.63) is 120 Å². The van der Waals surface area contributed by atoms with Gasteiger partial charge in [-0.3, -0.25) is 14.3 Å². The molecule has 0 saturated heterocycles. The Kier molecular flexibility index (Phi) is 7.18. The highest BCUT2D eigenvalue weighted by molar-refractivity contribution is 7.71. The van der Waals surface area contributed by atoms with Crippen molar-refractivity contribution in [2.75, 3.05) is 0 Å². The van der Waals surface area contributed by atoms with Crippen LogP contribution in [-0.2, 0) is 0 Å². The summed E-state index contributed by atoms with van der Waals surface area (Å²) in [5, 5.41) is 23.8. The summed E-state index contributed by atoms with van der Waals surface area (Å²) in [6.45, 7) is 0. The summed E-state index contributed by atoms with van der Waals surface area (Å²) >= 11 is 12.7. The third-order valence-corrected chi connectivity index (χ3v) is 6.66. The van der Waals surface area contributed by atoms with Gasteiger partial charge in [0.1, 0.15) is 5.56 Å². The zero-order valence-corrected chi connectivity index (χ0v) is 21.5. The van der Waals surface area contributed by atoms with E-state index in [0.29, 0.717) is 26.3 Å². The number of aromatic hydroxyl groups is 1. The van der Waals surface area contributed by atoms with Crippen LogP contribution in [0.1, 0.15) is 5.56 Å². The second-order valence-corrected chi connectivity index (χ2v) is 9.47. The average molecular weight is 544 g/mol. The highest BCUT2D eigenvalue weighted by atomic mass is 35.5. The number of azo groups is 1. The van der Waals surface area contributed by atoms with Gasteiger partial charge in [-0.05, 0) is 47.8 Å². The largest absolute Gasteiger partial charge is 0.494 e. The maximum atomic E-state index is 12.7. The molecule has 3 aromatic carbocycles. The van der Waals surface area contributed by atoms with Gasteiger partial charge in [0.2, 0.25) is 11.0 Å². The fraction of sp³-hybridized carbons (Fsp3) is 0. The molecule has 0 fully saturated rings. The number of aromatic nitrogens is 3. The molecule has 0 unspecified atom stereocenters. The van der Waals surface area contributed by atoms with Gasteiger partial charge >= 0.3 is 0 Å². The highest BCUT2D eigenvalue weighted by Gasteiger charge is 2.12. The molecule has 7 nitrogen and oxygen atoms in total. The molecule has 0 aliphatic heterocycles. The predicted octanol–water partition coefficient (Wildman–Crippen LogP) is 5.73. The molecule has 2 heterocycles. The van der Waals surface area contributed by atoms with Crippen LogP contribution in [0.5, 0.6) is 5.88 Å². The van der Waals surface area contributed by atoms with Gasteiger partial charge in [-0.2, -0.15) is 5.11 Å². The lowest BCUT2D eigenvalue weighted by Gasteiger charge is -2.11. The molecule has 37 heavy (non-hydrogen) atoms. The van der Waals surface area contributed by atoms with E-state index in [9.17, 15) is 9.90 Å². The summed E-state index contributed by atoms with van der Waals surface area (Å²) in [6.07, 6.45) is 3.16. The van der Waals surface area contributed by atoms with Gasteiger partial charge in [-0.25, -0.2) is 4.98 Å². The van der Waals surface area contributed by atoms with Gasteiger partial charge in [0.25, 0.3) is 5.56 Å². The Morgan fingerprint density at radius 1 is 1.00 bits per heavy atom. The van der Waals surface area contributed by atoms with Gasteiger partial charge in [-0.15, -0.1) is 16.5 Å². The van der Waals surface area contributed by atoms with Crippen molar-refractivity contribution in [3.63, 3.8) is 0 Å². The summed E-state index contributed by atoms with van der Waals surface area (Å²) in [5.74, 6) is -0.288. The van der Waals surface area contributed by atoms with E-state index in [1.54, 1.807) is 36.5 Å². The Morgan fingerprint density at radius 3 is 2.46 bits per heavy atom. The van der Waals surface area contributed by atoms with Crippen molar-refractivity contribution in [2.45, 2.75) is 0 Å². The monoisotopic (exact) mass is 543 g/mol. The minimum absolute atomic E-state index is 0.0498. The van der Waals surface area contributed by atoms with Crippen LogP contribution >= 0.6 is 35.2 Å². The van der Waals surface area contributed by atoms with Crippen LogP contribution in [0.15, 0.2) is 99.3 Å². The van der Waals surface area contributed by atoms with Crippen molar-refractivity contribution >= 4 is 52.6 Å². The standard InChI is InChI=1S/C27H18ClN5O2S2/c28-20-10-12-21(13-11-20)33-25(35)22(24(34)31-27(33)36)14-18-8-4-5-9-19(18)15-29-32-26-30-23(16-37-26)17-6-2-1-3-7-17/h1-16,35H,(H,31,34,36). The smallest absolute Gasteiger partial charge is 0.262 e. The molecule has 0 aliphatic carbocycles. The maximum Gasteiger partial charge on any atom is 0.262 e. The van der Waals surface area contributed by atoms with E-state index in [1.807, 2.05) is 60.0 Å². The van der Waals surface area contributed by atoms with Gasteiger partial charge in [0, 0.05) is 21.2 Å². The number of hydrogen-bond acceptors (Lipinski definition) is 7. The number of thiazole rings is 1. The first kappa shape index (κ1) is 24.5. The second-order valence-electron chi connectivity index (χ2n) is 7.81. The lowest BCUT2D eigenvalue weighted by molar-refractivity contribution is 0.432. The third kappa shape index (κ3) is 5.49. The van der Waals surface area contributed by atoms with E-state index in [1.165, 1.54) is 15.9 Å². The molecule has 0 bridgehead atoms. The molecular formula is C27H18ClN5O2S2. The molecule has 0 spiro atoms. The maximum absolute atomic E-state index is 12.7. The molecule has 0 saturated carbocycles. The number of benzene rings is 3. The molecule has 2 N–H and O–H groups in total. The number of nitrogens with zero attached hydrogens (tertiary/aromatic N) is 4. The molecule has 10 heteroatoms.